The Labute approximate surface area is 92.4 Å². The number of hydrogen-bond acceptors (Lipinski definition) is 1. The van der Waals surface area contributed by atoms with Gasteiger partial charge in [-0.15, -0.1) is 0 Å². The van der Waals surface area contributed by atoms with E-state index < -0.39 is 0 Å². The Morgan fingerprint density at radius 1 is 1.27 bits per heavy atom. The Morgan fingerprint density at radius 3 is 2.80 bits per heavy atom. The fourth-order valence-electron chi connectivity index (χ4n) is 2.13. The van der Waals surface area contributed by atoms with Crippen molar-refractivity contribution in [1.82, 2.24) is 4.90 Å². The molecule has 0 saturated heterocycles. The maximum Gasteiger partial charge on any atom is 0.00158 e. The molecule has 0 spiro atoms. The Hall–Kier alpha value is -1.08. The van der Waals surface area contributed by atoms with Crippen LogP contribution in [0.5, 0.6) is 0 Å². The molecule has 80 valence electrons. The SMILES string of the molecule is Cc1ccc2c(c1)CC=C2CCN(C)C. The van der Waals surface area contributed by atoms with E-state index in [1.807, 2.05) is 0 Å². The Morgan fingerprint density at radius 2 is 2.07 bits per heavy atom. The van der Waals surface area contributed by atoms with Crippen molar-refractivity contribution in [3.8, 4) is 0 Å². The van der Waals surface area contributed by atoms with Crippen molar-refractivity contribution in [2.75, 3.05) is 20.6 Å². The fourth-order valence-corrected chi connectivity index (χ4v) is 2.13. The van der Waals surface area contributed by atoms with Crippen molar-refractivity contribution in [3.63, 3.8) is 0 Å². The number of nitrogens with zero attached hydrogens (tertiary/aromatic N) is 1. The van der Waals surface area contributed by atoms with Gasteiger partial charge in [-0.1, -0.05) is 29.8 Å². The van der Waals surface area contributed by atoms with Gasteiger partial charge in [0.2, 0.25) is 0 Å². The predicted octanol–water partition coefficient (Wildman–Crippen LogP) is 2.89. The average Bonchev–Trinajstić information content (AvgIpc) is 2.57. The van der Waals surface area contributed by atoms with Crippen molar-refractivity contribution in [2.45, 2.75) is 19.8 Å². The number of benzene rings is 1. The standard InChI is InChI=1S/C14H19N/c1-11-4-7-14-12(8-9-15(2)3)5-6-13(14)10-11/h4-5,7,10H,6,8-9H2,1-3H3. The number of fused-ring (bicyclic) bond motifs is 1. The minimum atomic E-state index is 1.12. The van der Waals surface area contributed by atoms with Crippen LogP contribution in [0.2, 0.25) is 0 Å². The van der Waals surface area contributed by atoms with Gasteiger partial charge in [0, 0.05) is 6.54 Å². The van der Waals surface area contributed by atoms with E-state index in [0.717, 1.165) is 13.0 Å². The molecule has 1 heteroatoms. The number of aryl methyl sites for hydroxylation is 1. The van der Waals surface area contributed by atoms with Crippen LogP contribution in [0.4, 0.5) is 0 Å². The van der Waals surface area contributed by atoms with Gasteiger partial charge in [-0.25, -0.2) is 0 Å². The molecule has 0 atom stereocenters. The molecule has 1 aliphatic rings. The highest BCUT2D eigenvalue weighted by atomic mass is 15.0. The molecule has 0 radical (unpaired) electrons. The molecule has 1 aliphatic carbocycles. The van der Waals surface area contributed by atoms with Gasteiger partial charge >= 0.3 is 0 Å². The van der Waals surface area contributed by atoms with Crippen molar-refractivity contribution < 1.29 is 0 Å². The van der Waals surface area contributed by atoms with E-state index in [4.69, 9.17) is 0 Å². The van der Waals surface area contributed by atoms with Crippen LogP contribution in [-0.2, 0) is 6.42 Å². The third-order valence-corrected chi connectivity index (χ3v) is 3.00. The largest absolute Gasteiger partial charge is 0.309 e. The van der Waals surface area contributed by atoms with Gasteiger partial charge in [0.25, 0.3) is 0 Å². The second kappa shape index (κ2) is 4.19. The topological polar surface area (TPSA) is 3.24 Å². The molecule has 0 unspecified atom stereocenters. The Bertz CT molecular complexity index is 388. The zero-order valence-electron chi connectivity index (χ0n) is 9.88. The number of allylic oxidation sites excluding steroid dienone is 1. The van der Waals surface area contributed by atoms with Crippen molar-refractivity contribution >= 4 is 5.57 Å². The molecule has 1 nitrogen and oxygen atoms in total. The molecule has 1 aromatic carbocycles. The number of hydrogen-bond donors (Lipinski definition) is 0. The zero-order valence-corrected chi connectivity index (χ0v) is 9.88. The lowest BCUT2D eigenvalue weighted by molar-refractivity contribution is 0.419. The molecule has 0 aliphatic heterocycles. The minimum absolute atomic E-state index is 1.12. The summed E-state index contributed by atoms with van der Waals surface area (Å²) in [6.07, 6.45) is 4.68. The van der Waals surface area contributed by atoms with Crippen molar-refractivity contribution in [2.24, 2.45) is 0 Å². The molecule has 0 N–H and O–H groups in total. The van der Waals surface area contributed by atoms with Crippen LogP contribution in [0.1, 0.15) is 23.1 Å². The van der Waals surface area contributed by atoms with E-state index in [1.165, 1.54) is 28.7 Å². The molecule has 0 amide bonds. The summed E-state index contributed by atoms with van der Waals surface area (Å²) in [5.41, 5.74) is 5.88. The summed E-state index contributed by atoms with van der Waals surface area (Å²) in [6.45, 7) is 3.30. The van der Waals surface area contributed by atoms with Gasteiger partial charge in [-0.2, -0.15) is 0 Å². The first-order chi connectivity index (χ1) is 7.16. The molecular weight excluding hydrogens is 182 g/mol. The monoisotopic (exact) mass is 201 g/mol. The van der Waals surface area contributed by atoms with Crippen molar-refractivity contribution in [3.05, 3.63) is 41.0 Å². The van der Waals surface area contributed by atoms with Gasteiger partial charge in [-0.05, 0) is 50.6 Å². The maximum absolute atomic E-state index is 2.38. The third-order valence-electron chi connectivity index (χ3n) is 3.00. The second-order valence-corrected chi connectivity index (χ2v) is 4.65. The van der Waals surface area contributed by atoms with E-state index in [2.05, 4.69) is 50.2 Å². The maximum atomic E-state index is 2.38. The molecule has 2 rings (SSSR count). The van der Waals surface area contributed by atoms with Crippen LogP contribution in [0.25, 0.3) is 5.57 Å². The minimum Gasteiger partial charge on any atom is -0.309 e. The van der Waals surface area contributed by atoms with Crippen molar-refractivity contribution in [1.29, 1.82) is 0 Å². The fraction of sp³-hybridized carbons (Fsp3) is 0.429. The first-order valence-electron chi connectivity index (χ1n) is 5.60. The first-order valence-corrected chi connectivity index (χ1v) is 5.60. The third kappa shape index (κ3) is 2.29. The molecule has 0 bridgehead atoms. The van der Waals surface area contributed by atoms with E-state index >= 15 is 0 Å². The summed E-state index contributed by atoms with van der Waals surface area (Å²) in [7, 11) is 4.26. The average molecular weight is 201 g/mol. The molecular formula is C14H19N. The van der Waals surface area contributed by atoms with Crippen LogP contribution >= 0.6 is 0 Å². The van der Waals surface area contributed by atoms with E-state index in [1.54, 1.807) is 0 Å². The zero-order chi connectivity index (χ0) is 10.8. The first kappa shape index (κ1) is 10.4. The van der Waals surface area contributed by atoms with Gasteiger partial charge in [0.05, 0.1) is 0 Å². The van der Waals surface area contributed by atoms with Gasteiger partial charge in [-0.3, -0.25) is 0 Å². The molecule has 15 heavy (non-hydrogen) atoms. The predicted molar refractivity (Wildman–Crippen MR) is 66.0 cm³/mol. The Kier molecular flexibility index (Phi) is 2.92. The highest BCUT2D eigenvalue weighted by molar-refractivity contribution is 5.73. The normalized spacial score (nSPS) is 14.3. The summed E-state index contributed by atoms with van der Waals surface area (Å²) < 4.78 is 0. The quantitative estimate of drug-likeness (QED) is 0.727. The summed E-state index contributed by atoms with van der Waals surface area (Å²) in [5, 5.41) is 0. The lowest BCUT2D eigenvalue weighted by atomic mass is 10.0. The van der Waals surface area contributed by atoms with Gasteiger partial charge in [0.15, 0.2) is 0 Å². The highest BCUT2D eigenvalue weighted by Crippen LogP contribution is 2.30. The highest BCUT2D eigenvalue weighted by Gasteiger charge is 2.13. The van der Waals surface area contributed by atoms with E-state index in [-0.39, 0.29) is 0 Å². The lowest BCUT2D eigenvalue weighted by Gasteiger charge is -2.11. The van der Waals surface area contributed by atoms with Gasteiger partial charge < -0.3 is 4.90 Å². The summed E-state index contributed by atoms with van der Waals surface area (Å²) >= 11 is 0. The summed E-state index contributed by atoms with van der Waals surface area (Å²) in [6, 6.07) is 6.81. The van der Waals surface area contributed by atoms with Gasteiger partial charge in [0.1, 0.15) is 0 Å². The van der Waals surface area contributed by atoms with Crippen LogP contribution in [0.3, 0.4) is 0 Å². The molecule has 0 heterocycles. The lowest BCUT2D eigenvalue weighted by Crippen LogP contribution is -2.13. The molecule has 0 aromatic heterocycles. The molecule has 1 aromatic rings. The molecule has 0 fully saturated rings. The number of rotatable bonds is 3. The molecule has 0 saturated carbocycles. The van der Waals surface area contributed by atoms with Crippen LogP contribution < -0.4 is 0 Å². The van der Waals surface area contributed by atoms with E-state index in [0.29, 0.717) is 0 Å². The van der Waals surface area contributed by atoms with Crippen LogP contribution in [-0.4, -0.2) is 25.5 Å². The summed E-state index contributed by atoms with van der Waals surface area (Å²) in [5.74, 6) is 0. The smallest absolute Gasteiger partial charge is 0.00158 e. The Balaban J connectivity index is 2.13. The van der Waals surface area contributed by atoms with Crippen LogP contribution in [0.15, 0.2) is 24.3 Å². The summed E-state index contributed by atoms with van der Waals surface area (Å²) in [4.78, 5) is 2.24. The second-order valence-electron chi connectivity index (χ2n) is 4.65. The van der Waals surface area contributed by atoms with E-state index in [9.17, 15) is 0 Å². The van der Waals surface area contributed by atoms with Crippen LogP contribution in [0, 0.1) is 6.92 Å².